The molecule has 0 heterocycles. The normalized spacial score (nSPS) is 12.2. The lowest BCUT2D eigenvalue weighted by Crippen LogP contribution is -2.33. The Hall–Kier alpha value is -0.570. The molecule has 2 N–H and O–H groups in total. The summed E-state index contributed by atoms with van der Waals surface area (Å²) in [6.07, 6.45) is 1.02. The van der Waals surface area contributed by atoms with Gasteiger partial charge in [0.05, 0.1) is 6.61 Å². The van der Waals surface area contributed by atoms with Gasteiger partial charge in [-0.25, -0.2) is 0 Å². The van der Waals surface area contributed by atoms with Gasteiger partial charge in [-0.1, -0.05) is 44.2 Å². The van der Waals surface area contributed by atoms with E-state index < -0.39 is 0 Å². The first-order valence-electron chi connectivity index (χ1n) is 5.60. The van der Waals surface area contributed by atoms with Crippen LogP contribution in [0.3, 0.4) is 0 Å². The molecule has 0 aliphatic carbocycles. The van der Waals surface area contributed by atoms with Crippen LogP contribution in [0.25, 0.3) is 0 Å². The first kappa shape index (κ1) is 15.4. The SMILES string of the molecule is CC(C)CC(CO)NCc1ccccc1.Cl. The van der Waals surface area contributed by atoms with Gasteiger partial charge in [-0.3, -0.25) is 0 Å². The van der Waals surface area contributed by atoms with Crippen molar-refractivity contribution < 1.29 is 5.11 Å². The molecule has 0 aliphatic heterocycles. The molecule has 1 rings (SSSR count). The van der Waals surface area contributed by atoms with Crippen LogP contribution < -0.4 is 5.32 Å². The highest BCUT2D eigenvalue weighted by Gasteiger charge is 2.08. The summed E-state index contributed by atoms with van der Waals surface area (Å²) in [7, 11) is 0. The number of hydrogen-bond donors (Lipinski definition) is 2. The Kier molecular flexibility index (Phi) is 8.26. The Morgan fingerprint density at radius 1 is 1.19 bits per heavy atom. The van der Waals surface area contributed by atoms with Gasteiger partial charge < -0.3 is 10.4 Å². The summed E-state index contributed by atoms with van der Waals surface area (Å²) in [4.78, 5) is 0. The van der Waals surface area contributed by atoms with Gasteiger partial charge in [0.1, 0.15) is 0 Å². The third-order valence-electron chi connectivity index (χ3n) is 2.41. The fourth-order valence-electron chi connectivity index (χ4n) is 1.65. The largest absolute Gasteiger partial charge is 0.395 e. The van der Waals surface area contributed by atoms with Crippen LogP contribution in [-0.2, 0) is 6.54 Å². The zero-order chi connectivity index (χ0) is 11.1. The zero-order valence-corrected chi connectivity index (χ0v) is 10.8. The van der Waals surface area contributed by atoms with E-state index in [1.165, 1.54) is 5.56 Å². The van der Waals surface area contributed by atoms with Crippen LogP contribution in [0.2, 0.25) is 0 Å². The summed E-state index contributed by atoms with van der Waals surface area (Å²) < 4.78 is 0. The molecule has 0 spiro atoms. The maximum absolute atomic E-state index is 9.19. The number of aliphatic hydroxyl groups is 1. The van der Waals surface area contributed by atoms with Gasteiger partial charge in [-0.05, 0) is 17.9 Å². The molecule has 1 atom stereocenters. The standard InChI is InChI=1S/C13H21NO.ClH/c1-11(2)8-13(10-15)14-9-12-6-4-3-5-7-12;/h3-7,11,13-15H,8-10H2,1-2H3;1H. The fourth-order valence-corrected chi connectivity index (χ4v) is 1.65. The van der Waals surface area contributed by atoms with Gasteiger partial charge in [0, 0.05) is 12.6 Å². The van der Waals surface area contributed by atoms with Crippen molar-refractivity contribution in [2.45, 2.75) is 32.9 Å². The van der Waals surface area contributed by atoms with Crippen LogP contribution in [0.1, 0.15) is 25.8 Å². The molecule has 0 amide bonds. The van der Waals surface area contributed by atoms with Gasteiger partial charge in [0.25, 0.3) is 0 Å². The molecule has 92 valence electrons. The van der Waals surface area contributed by atoms with E-state index in [2.05, 4.69) is 31.3 Å². The summed E-state index contributed by atoms with van der Waals surface area (Å²) in [6.45, 7) is 5.39. The number of rotatable bonds is 6. The van der Waals surface area contributed by atoms with Gasteiger partial charge in [-0.15, -0.1) is 12.4 Å². The Labute approximate surface area is 104 Å². The van der Waals surface area contributed by atoms with Crippen molar-refractivity contribution in [2.24, 2.45) is 5.92 Å². The van der Waals surface area contributed by atoms with E-state index in [1.54, 1.807) is 0 Å². The van der Waals surface area contributed by atoms with Crippen molar-refractivity contribution in [3.63, 3.8) is 0 Å². The molecular formula is C13H22ClNO. The molecule has 0 bridgehead atoms. The van der Waals surface area contributed by atoms with Crippen LogP contribution in [0.4, 0.5) is 0 Å². The quantitative estimate of drug-likeness (QED) is 0.805. The molecule has 3 heteroatoms. The van der Waals surface area contributed by atoms with Gasteiger partial charge >= 0.3 is 0 Å². The molecular weight excluding hydrogens is 222 g/mol. The predicted octanol–water partition coefficient (Wildman–Crippen LogP) is 2.61. The number of benzene rings is 1. The topological polar surface area (TPSA) is 32.3 Å². The molecule has 0 saturated heterocycles. The maximum Gasteiger partial charge on any atom is 0.0584 e. The highest BCUT2D eigenvalue weighted by atomic mass is 35.5. The fraction of sp³-hybridized carbons (Fsp3) is 0.538. The molecule has 0 aromatic heterocycles. The van der Waals surface area contributed by atoms with Gasteiger partial charge in [-0.2, -0.15) is 0 Å². The molecule has 0 saturated carbocycles. The van der Waals surface area contributed by atoms with Crippen molar-refractivity contribution in [2.75, 3.05) is 6.61 Å². The first-order chi connectivity index (χ1) is 7.22. The molecule has 1 unspecified atom stereocenters. The minimum atomic E-state index is 0. The molecule has 0 radical (unpaired) electrons. The maximum atomic E-state index is 9.19. The number of nitrogens with one attached hydrogen (secondary N) is 1. The minimum absolute atomic E-state index is 0. The van der Waals surface area contributed by atoms with Crippen molar-refractivity contribution >= 4 is 12.4 Å². The van der Waals surface area contributed by atoms with Crippen molar-refractivity contribution in [3.8, 4) is 0 Å². The summed E-state index contributed by atoms with van der Waals surface area (Å²) in [5.74, 6) is 0.616. The molecule has 2 nitrogen and oxygen atoms in total. The van der Waals surface area contributed by atoms with E-state index in [9.17, 15) is 5.11 Å². The molecule has 0 aliphatic rings. The highest BCUT2D eigenvalue weighted by molar-refractivity contribution is 5.85. The second-order valence-corrected chi connectivity index (χ2v) is 4.38. The average molecular weight is 244 g/mol. The summed E-state index contributed by atoms with van der Waals surface area (Å²) in [5.41, 5.74) is 1.26. The number of aliphatic hydroxyl groups excluding tert-OH is 1. The first-order valence-corrected chi connectivity index (χ1v) is 5.60. The summed E-state index contributed by atoms with van der Waals surface area (Å²) >= 11 is 0. The lowest BCUT2D eigenvalue weighted by Gasteiger charge is -2.18. The van der Waals surface area contributed by atoms with Crippen LogP contribution in [0.5, 0.6) is 0 Å². The number of halogens is 1. The molecule has 1 aromatic carbocycles. The van der Waals surface area contributed by atoms with Gasteiger partial charge in [0.2, 0.25) is 0 Å². The van der Waals surface area contributed by atoms with E-state index in [-0.39, 0.29) is 25.1 Å². The second kappa shape index (κ2) is 8.57. The van der Waals surface area contributed by atoms with E-state index >= 15 is 0 Å². The molecule has 16 heavy (non-hydrogen) atoms. The lowest BCUT2D eigenvalue weighted by atomic mass is 10.0. The van der Waals surface area contributed by atoms with E-state index in [0.29, 0.717) is 5.92 Å². The average Bonchev–Trinajstić information content (AvgIpc) is 2.25. The highest BCUT2D eigenvalue weighted by Crippen LogP contribution is 2.05. The van der Waals surface area contributed by atoms with E-state index in [0.717, 1.165) is 13.0 Å². The third-order valence-corrected chi connectivity index (χ3v) is 2.41. The van der Waals surface area contributed by atoms with Crippen LogP contribution in [-0.4, -0.2) is 17.8 Å². The Balaban J connectivity index is 0.00000225. The predicted molar refractivity (Wildman–Crippen MR) is 70.9 cm³/mol. The zero-order valence-electron chi connectivity index (χ0n) is 10.0. The second-order valence-electron chi connectivity index (χ2n) is 4.38. The summed E-state index contributed by atoms with van der Waals surface area (Å²) in [5, 5.41) is 12.6. The molecule has 1 aromatic rings. The monoisotopic (exact) mass is 243 g/mol. The van der Waals surface area contributed by atoms with E-state index in [1.807, 2.05) is 18.2 Å². The minimum Gasteiger partial charge on any atom is -0.395 e. The Bertz CT molecular complexity index is 264. The lowest BCUT2D eigenvalue weighted by molar-refractivity contribution is 0.223. The molecule has 0 fully saturated rings. The van der Waals surface area contributed by atoms with Crippen LogP contribution >= 0.6 is 12.4 Å². The third kappa shape index (κ3) is 6.11. The Morgan fingerprint density at radius 3 is 2.31 bits per heavy atom. The van der Waals surface area contributed by atoms with Crippen molar-refractivity contribution in [1.82, 2.24) is 5.32 Å². The smallest absolute Gasteiger partial charge is 0.0584 e. The van der Waals surface area contributed by atoms with Crippen LogP contribution in [0.15, 0.2) is 30.3 Å². The van der Waals surface area contributed by atoms with Crippen molar-refractivity contribution in [3.05, 3.63) is 35.9 Å². The van der Waals surface area contributed by atoms with Gasteiger partial charge in [0.15, 0.2) is 0 Å². The van der Waals surface area contributed by atoms with Crippen molar-refractivity contribution in [1.29, 1.82) is 0 Å². The van der Waals surface area contributed by atoms with E-state index in [4.69, 9.17) is 0 Å². The summed E-state index contributed by atoms with van der Waals surface area (Å²) in [6, 6.07) is 10.5. The van der Waals surface area contributed by atoms with Crippen LogP contribution in [0, 0.1) is 5.92 Å². The number of hydrogen-bond acceptors (Lipinski definition) is 2. The Morgan fingerprint density at radius 2 is 1.81 bits per heavy atom.